The van der Waals surface area contributed by atoms with E-state index in [1.807, 2.05) is 35.8 Å². The summed E-state index contributed by atoms with van der Waals surface area (Å²) in [5.74, 6) is 0.570. The summed E-state index contributed by atoms with van der Waals surface area (Å²) in [5.41, 5.74) is 5.22. The van der Waals surface area contributed by atoms with E-state index < -0.39 is 0 Å². The zero-order valence-corrected chi connectivity index (χ0v) is 13.4. The topological polar surface area (TPSA) is 30.2 Å². The van der Waals surface area contributed by atoms with Crippen LogP contribution in [0.5, 0.6) is 0 Å². The predicted octanol–water partition coefficient (Wildman–Crippen LogP) is 4.19. The third-order valence-corrected chi connectivity index (χ3v) is 4.03. The van der Waals surface area contributed by atoms with Crippen molar-refractivity contribution >= 4 is 18.3 Å². The molecule has 2 aromatic heterocycles. The Kier molecular flexibility index (Phi) is 3.72. The van der Waals surface area contributed by atoms with Gasteiger partial charge in [0.15, 0.2) is 5.65 Å². The number of nitrogens with zero attached hydrogens (tertiary/aromatic N) is 3. The van der Waals surface area contributed by atoms with Crippen molar-refractivity contribution < 1.29 is 0 Å². The Morgan fingerprint density at radius 1 is 1.19 bits per heavy atom. The molecule has 0 aliphatic rings. The van der Waals surface area contributed by atoms with Gasteiger partial charge in [-0.3, -0.25) is 0 Å². The van der Waals surface area contributed by atoms with Crippen LogP contribution in [0.2, 0.25) is 0 Å². The van der Waals surface area contributed by atoms with E-state index in [1.54, 1.807) is 0 Å². The van der Waals surface area contributed by atoms with Crippen LogP contribution in [0.4, 0.5) is 0 Å². The maximum absolute atomic E-state index is 4.67. The predicted molar refractivity (Wildman–Crippen MR) is 89.0 cm³/mol. The Balaban J connectivity index is 2.21. The maximum Gasteiger partial charge on any atom is 0.164 e. The van der Waals surface area contributed by atoms with Gasteiger partial charge in [0.1, 0.15) is 5.03 Å². The second-order valence-corrected chi connectivity index (χ2v) is 6.19. The van der Waals surface area contributed by atoms with Crippen LogP contribution in [-0.4, -0.2) is 14.6 Å². The van der Waals surface area contributed by atoms with Crippen LogP contribution in [0.1, 0.15) is 25.1 Å². The fourth-order valence-corrected chi connectivity index (χ4v) is 2.93. The van der Waals surface area contributed by atoms with Crippen molar-refractivity contribution in [3.63, 3.8) is 0 Å². The highest BCUT2D eigenvalue weighted by Crippen LogP contribution is 2.29. The number of hydrogen-bond donors (Lipinski definition) is 1. The number of aryl methyl sites for hydroxylation is 1. The van der Waals surface area contributed by atoms with Gasteiger partial charge in [-0.15, -0.1) is 12.6 Å². The zero-order valence-electron chi connectivity index (χ0n) is 12.5. The van der Waals surface area contributed by atoms with Gasteiger partial charge in [-0.05, 0) is 24.8 Å². The Morgan fingerprint density at radius 2 is 1.90 bits per heavy atom. The van der Waals surface area contributed by atoms with Gasteiger partial charge in [-0.25, -0.2) is 9.50 Å². The molecule has 0 saturated heterocycles. The summed E-state index contributed by atoms with van der Waals surface area (Å²) < 4.78 is 1.86. The molecule has 3 nitrogen and oxygen atoms in total. The Morgan fingerprint density at radius 3 is 2.57 bits per heavy atom. The van der Waals surface area contributed by atoms with Crippen molar-refractivity contribution in [2.75, 3.05) is 0 Å². The van der Waals surface area contributed by atoms with Gasteiger partial charge in [0.2, 0.25) is 0 Å². The van der Waals surface area contributed by atoms with Gasteiger partial charge < -0.3 is 0 Å². The molecule has 0 saturated carbocycles. The summed E-state index contributed by atoms with van der Waals surface area (Å²) in [5, 5.41) is 5.52. The molecule has 0 amide bonds. The van der Waals surface area contributed by atoms with Gasteiger partial charge in [0.25, 0.3) is 0 Å². The summed E-state index contributed by atoms with van der Waals surface area (Å²) in [6.45, 7) is 6.41. The smallest absolute Gasteiger partial charge is 0.164 e. The maximum atomic E-state index is 4.67. The molecule has 2 heterocycles. The molecule has 0 aliphatic carbocycles. The van der Waals surface area contributed by atoms with Crippen molar-refractivity contribution in [3.05, 3.63) is 47.8 Å². The molecule has 108 valence electrons. The SMILES string of the molecule is Cc1nn2c(S)c(CC(C)C)cnc2c1-c1ccccc1. The average molecular weight is 297 g/mol. The van der Waals surface area contributed by atoms with Crippen LogP contribution < -0.4 is 0 Å². The molecule has 0 aliphatic heterocycles. The van der Waals surface area contributed by atoms with Crippen molar-refractivity contribution in [1.82, 2.24) is 14.6 Å². The monoisotopic (exact) mass is 297 g/mol. The quantitative estimate of drug-likeness (QED) is 0.580. The first-order valence-corrected chi connectivity index (χ1v) is 7.64. The molecular weight excluding hydrogens is 278 g/mol. The first-order valence-electron chi connectivity index (χ1n) is 7.19. The lowest BCUT2D eigenvalue weighted by atomic mass is 10.1. The molecule has 4 heteroatoms. The lowest BCUT2D eigenvalue weighted by molar-refractivity contribution is 0.626. The van der Waals surface area contributed by atoms with Gasteiger partial charge in [0.05, 0.1) is 5.69 Å². The van der Waals surface area contributed by atoms with E-state index in [0.717, 1.165) is 39.5 Å². The molecule has 0 spiro atoms. The van der Waals surface area contributed by atoms with Crippen LogP contribution in [0, 0.1) is 12.8 Å². The molecule has 0 bridgehead atoms. The summed E-state index contributed by atoms with van der Waals surface area (Å²) in [7, 11) is 0. The Labute approximate surface area is 130 Å². The summed E-state index contributed by atoms with van der Waals surface area (Å²) >= 11 is 4.67. The van der Waals surface area contributed by atoms with E-state index in [-0.39, 0.29) is 0 Å². The van der Waals surface area contributed by atoms with Crippen LogP contribution >= 0.6 is 12.6 Å². The molecule has 0 N–H and O–H groups in total. The third kappa shape index (κ3) is 2.56. The molecular formula is C17H19N3S. The number of benzene rings is 1. The lowest BCUT2D eigenvalue weighted by Crippen LogP contribution is -2.02. The summed E-state index contributed by atoms with van der Waals surface area (Å²) in [4.78, 5) is 4.64. The Bertz CT molecular complexity index is 776. The van der Waals surface area contributed by atoms with Crippen molar-refractivity contribution in [2.45, 2.75) is 32.2 Å². The number of fused-ring (bicyclic) bond motifs is 1. The van der Waals surface area contributed by atoms with Crippen LogP contribution in [0.3, 0.4) is 0 Å². The molecule has 3 rings (SSSR count). The second kappa shape index (κ2) is 5.53. The number of aromatic nitrogens is 3. The van der Waals surface area contributed by atoms with E-state index >= 15 is 0 Å². The van der Waals surface area contributed by atoms with Crippen LogP contribution in [0.15, 0.2) is 41.6 Å². The molecule has 0 fully saturated rings. The Hall–Kier alpha value is -1.81. The number of rotatable bonds is 3. The fourth-order valence-electron chi connectivity index (χ4n) is 2.64. The highest BCUT2D eigenvalue weighted by molar-refractivity contribution is 7.80. The first kappa shape index (κ1) is 14.1. The van der Waals surface area contributed by atoms with Gasteiger partial charge in [-0.1, -0.05) is 44.2 Å². The minimum absolute atomic E-state index is 0.570. The zero-order chi connectivity index (χ0) is 15.0. The van der Waals surface area contributed by atoms with E-state index in [0.29, 0.717) is 5.92 Å². The third-order valence-electron chi connectivity index (χ3n) is 3.56. The highest BCUT2D eigenvalue weighted by Gasteiger charge is 2.16. The summed E-state index contributed by atoms with van der Waals surface area (Å²) in [6, 6.07) is 10.3. The second-order valence-electron chi connectivity index (χ2n) is 5.77. The molecule has 0 atom stereocenters. The molecule has 21 heavy (non-hydrogen) atoms. The molecule has 0 unspecified atom stereocenters. The van der Waals surface area contributed by atoms with Gasteiger partial charge in [0, 0.05) is 17.3 Å². The van der Waals surface area contributed by atoms with E-state index in [1.165, 1.54) is 0 Å². The number of thiol groups is 1. The van der Waals surface area contributed by atoms with Gasteiger partial charge >= 0.3 is 0 Å². The van der Waals surface area contributed by atoms with Crippen molar-refractivity contribution in [3.8, 4) is 11.1 Å². The largest absolute Gasteiger partial charge is 0.236 e. The first-order chi connectivity index (χ1) is 10.1. The minimum atomic E-state index is 0.570. The normalized spacial score (nSPS) is 11.5. The standard InChI is InChI=1S/C17H19N3S/c1-11(2)9-14-10-18-16-15(13-7-5-4-6-8-13)12(3)19-20(16)17(14)21/h4-8,10-11,21H,9H2,1-3H3. The van der Waals surface area contributed by atoms with E-state index in [4.69, 9.17) is 0 Å². The van der Waals surface area contributed by atoms with Crippen LogP contribution in [-0.2, 0) is 6.42 Å². The van der Waals surface area contributed by atoms with Crippen molar-refractivity contribution in [2.24, 2.45) is 5.92 Å². The molecule has 1 aromatic carbocycles. The fraction of sp³-hybridized carbons (Fsp3) is 0.294. The summed E-state index contributed by atoms with van der Waals surface area (Å²) in [6.07, 6.45) is 2.90. The van der Waals surface area contributed by atoms with E-state index in [2.05, 4.69) is 48.7 Å². The van der Waals surface area contributed by atoms with Gasteiger partial charge in [-0.2, -0.15) is 5.10 Å². The lowest BCUT2D eigenvalue weighted by Gasteiger charge is -2.09. The molecule has 3 aromatic rings. The van der Waals surface area contributed by atoms with Crippen LogP contribution in [0.25, 0.3) is 16.8 Å². The van der Waals surface area contributed by atoms with Crippen molar-refractivity contribution in [1.29, 1.82) is 0 Å². The molecule has 0 radical (unpaired) electrons. The van der Waals surface area contributed by atoms with E-state index in [9.17, 15) is 0 Å². The number of hydrogen-bond acceptors (Lipinski definition) is 3. The average Bonchev–Trinajstić information content (AvgIpc) is 2.80. The highest BCUT2D eigenvalue weighted by atomic mass is 32.1. The minimum Gasteiger partial charge on any atom is -0.236 e.